The number of ether oxygens (including phenoxy) is 2. The minimum atomic E-state index is -0.741. The van der Waals surface area contributed by atoms with Crippen LogP contribution in [0.25, 0.3) is 0 Å². The van der Waals surface area contributed by atoms with E-state index in [1.807, 2.05) is 18.2 Å². The molecule has 1 aliphatic heterocycles. The lowest BCUT2D eigenvalue weighted by molar-refractivity contribution is -0.137. The number of hydrogen-bond donors (Lipinski definition) is 1. The van der Waals surface area contributed by atoms with Gasteiger partial charge in [0.1, 0.15) is 5.75 Å². The maximum absolute atomic E-state index is 10.7. The first kappa shape index (κ1) is 16.8. The number of methoxy groups -OCH3 is 1. The van der Waals surface area contributed by atoms with Crippen molar-refractivity contribution in [2.24, 2.45) is 0 Å². The molecular weight excluding hydrogens is 282 g/mol. The van der Waals surface area contributed by atoms with Crippen LogP contribution in [0.5, 0.6) is 5.75 Å². The van der Waals surface area contributed by atoms with E-state index < -0.39 is 5.97 Å². The Hall–Kier alpha value is -1.59. The van der Waals surface area contributed by atoms with Gasteiger partial charge in [0.25, 0.3) is 0 Å². The molecule has 1 aliphatic rings. The van der Waals surface area contributed by atoms with E-state index >= 15 is 0 Å². The molecule has 122 valence electrons. The number of carboxylic acids is 1. The molecule has 1 unspecified atom stereocenters. The zero-order chi connectivity index (χ0) is 15.8. The van der Waals surface area contributed by atoms with Gasteiger partial charge in [0.15, 0.2) is 0 Å². The number of aliphatic carboxylic acids is 1. The number of rotatable bonds is 9. The first-order chi connectivity index (χ1) is 10.7. The average Bonchev–Trinajstić information content (AvgIpc) is 3.00. The minimum absolute atomic E-state index is 0.202. The first-order valence-corrected chi connectivity index (χ1v) is 7.86. The van der Waals surface area contributed by atoms with Crippen LogP contribution in [-0.4, -0.2) is 48.9 Å². The van der Waals surface area contributed by atoms with Crippen LogP contribution in [0.2, 0.25) is 0 Å². The van der Waals surface area contributed by atoms with Crippen molar-refractivity contribution in [3.8, 4) is 5.75 Å². The summed E-state index contributed by atoms with van der Waals surface area (Å²) in [7, 11) is 1.67. The van der Waals surface area contributed by atoms with Crippen molar-refractivity contribution in [1.29, 1.82) is 0 Å². The number of para-hydroxylation sites is 1. The van der Waals surface area contributed by atoms with E-state index in [0.29, 0.717) is 6.42 Å². The van der Waals surface area contributed by atoms with Gasteiger partial charge in [-0.15, -0.1) is 0 Å². The van der Waals surface area contributed by atoms with Crippen molar-refractivity contribution >= 4 is 5.97 Å². The van der Waals surface area contributed by atoms with Gasteiger partial charge in [0.05, 0.1) is 13.2 Å². The molecule has 0 spiro atoms. The predicted molar refractivity (Wildman–Crippen MR) is 84.1 cm³/mol. The van der Waals surface area contributed by atoms with Gasteiger partial charge in [0.2, 0.25) is 0 Å². The van der Waals surface area contributed by atoms with Gasteiger partial charge < -0.3 is 14.6 Å². The van der Waals surface area contributed by atoms with E-state index in [2.05, 4.69) is 11.0 Å². The summed E-state index contributed by atoms with van der Waals surface area (Å²) in [5.74, 6) is 0.132. The Morgan fingerprint density at radius 3 is 2.95 bits per heavy atom. The number of carboxylic acid groups (broad SMARTS) is 1. The third kappa shape index (κ3) is 5.31. The van der Waals surface area contributed by atoms with Crippen LogP contribution >= 0.6 is 0 Å². The highest BCUT2D eigenvalue weighted by Crippen LogP contribution is 2.21. The molecular formula is C17H25NO4. The van der Waals surface area contributed by atoms with Gasteiger partial charge in [-0.1, -0.05) is 18.2 Å². The molecule has 22 heavy (non-hydrogen) atoms. The van der Waals surface area contributed by atoms with Crippen molar-refractivity contribution in [2.75, 3.05) is 26.8 Å². The normalized spacial score (nSPS) is 17.8. The van der Waals surface area contributed by atoms with E-state index in [-0.39, 0.29) is 12.5 Å². The number of carbonyl (C=O) groups is 1. The van der Waals surface area contributed by atoms with Crippen LogP contribution in [0, 0.1) is 0 Å². The van der Waals surface area contributed by atoms with Crippen LogP contribution < -0.4 is 4.74 Å². The lowest BCUT2D eigenvalue weighted by Gasteiger charge is -2.25. The van der Waals surface area contributed by atoms with Crippen molar-refractivity contribution < 1.29 is 19.4 Å². The van der Waals surface area contributed by atoms with Crippen molar-refractivity contribution in [3.05, 3.63) is 29.8 Å². The van der Waals surface area contributed by atoms with Crippen LogP contribution in [0.15, 0.2) is 24.3 Å². The fourth-order valence-electron chi connectivity index (χ4n) is 2.84. The molecule has 1 saturated heterocycles. The Morgan fingerprint density at radius 1 is 1.45 bits per heavy atom. The first-order valence-electron chi connectivity index (χ1n) is 7.86. The SMILES string of the molecule is COc1ccccc1CN(CCCC(=O)O)CC1CCCO1. The van der Waals surface area contributed by atoms with Crippen molar-refractivity contribution in [2.45, 2.75) is 38.3 Å². The second-order valence-corrected chi connectivity index (χ2v) is 5.68. The van der Waals surface area contributed by atoms with Crippen LogP contribution in [0.1, 0.15) is 31.2 Å². The summed E-state index contributed by atoms with van der Waals surface area (Å²) >= 11 is 0. The molecule has 1 N–H and O–H groups in total. The Balaban J connectivity index is 1.96. The molecule has 2 rings (SSSR count). The molecule has 5 heteroatoms. The zero-order valence-corrected chi connectivity index (χ0v) is 13.2. The van der Waals surface area contributed by atoms with E-state index in [9.17, 15) is 4.79 Å². The summed E-state index contributed by atoms with van der Waals surface area (Å²) in [5.41, 5.74) is 1.12. The van der Waals surface area contributed by atoms with Gasteiger partial charge in [0, 0.05) is 31.7 Å². The second kappa shape index (κ2) is 8.76. The van der Waals surface area contributed by atoms with Crippen molar-refractivity contribution in [1.82, 2.24) is 4.90 Å². The molecule has 1 aromatic carbocycles. The summed E-state index contributed by atoms with van der Waals surface area (Å²) in [4.78, 5) is 13.0. The highest BCUT2D eigenvalue weighted by Gasteiger charge is 2.20. The maximum Gasteiger partial charge on any atom is 0.303 e. The van der Waals surface area contributed by atoms with Gasteiger partial charge in [-0.05, 0) is 31.9 Å². The topological polar surface area (TPSA) is 59.0 Å². The average molecular weight is 307 g/mol. The van der Waals surface area contributed by atoms with Crippen LogP contribution in [-0.2, 0) is 16.1 Å². The molecule has 1 fully saturated rings. The molecule has 0 aliphatic carbocycles. The summed E-state index contributed by atoms with van der Waals surface area (Å²) in [6.07, 6.45) is 3.31. The second-order valence-electron chi connectivity index (χ2n) is 5.68. The predicted octanol–water partition coefficient (Wildman–Crippen LogP) is 2.54. The van der Waals surface area contributed by atoms with Gasteiger partial charge in [-0.3, -0.25) is 9.69 Å². The Morgan fingerprint density at radius 2 is 2.27 bits per heavy atom. The molecule has 0 radical (unpaired) electrons. The standard InChI is InChI=1S/C17H25NO4/c1-21-16-8-3-2-6-14(16)12-18(10-4-9-17(19)20)13-15-7-5-11-22-15/h2-3,6,8,15H,4-5,7,9-13H2,1H3,(H,19,20). The molecule has 5 nitrogen and oxygen atoms in total. The van der Waals surface area contributed by atoms with Gasteiger partial charge in [-0.25, -0.2) is 0 Å². The quantitative estimate of drug-likeness (QED) is 0.760. The molecule has 0 saturated carbocycles. The maximum atomic E-state index is 10.7. The number of benzene rings is 1. The Kier molecular flexibility index (Phi) is 6.68. The molecule has 0 aromatic heterocycles. The molecule has 1 aromatic rings. The highest BCUT2D eigenvalue weighted by molar-refractivity contribution is 5.66. The zero-order valence-electron chi connectivity index (χ0n) is 13.2. The lowest BCUT2D eigenvalue weighted by Crippen LogP contribution is -2.33. The minimum Gasteiger partial charge on any atom is -0.496 e. The summed E-state index contributed by atoms with van der Waals surface area (Å²) in [6, 6.07) is 7.96. The third-order valence-electron chi connectivity index (χ3n) is 3.94. The Labute approximate surface area is 131 Å². The molecule has 1 atom stereocenters. The highest BCUT2D eigenvalue weighted by atomic mass is 16.5. The number of nitrogens with zero attached hydrogens (tertiary/aromatic N) is 1. The lowest BCUT2D eigenvalue weighted by atomic mass is 10.1. The fraction of sp³-hybridized carbons (Fsp3) is 0.588. The summed E-state index contributed by atoms with van der Waals surface area (Å²) in [6.45, 7) is 3.19. The summed E-state index contributed by atoms with van der Waals surface area (Å²) in [5, 5.41) is 8.82. The van der Waals surface area contributed by atoms with E-state index in [1.165, 1.54) is 0 Å². The molecule has 0 amide bonds. The molecule has 0 bridgehead atoms. The molecule has 1 heterocycles. The third-order valence-corrected chi connectivity index (χ3v) is 3.94. The fourth-order valence-corrected chi connectivity index (χ4v) is 2.84. The smallest absolute Gasteiger partial charge is 0.303 e. The summed E-state index contributed by atoms with van der Waals surface area (Å²) < 4.78 is 11.1. The monoisotopic (exact) mass is 307 g/mol. The van der Waals surface area contributed by atoms with E-state index in [1.54, 1.807) is 7.11 Å². The van der Waals surface area contributed by atoms with Crippen LogP contribution in [0.3, 0.4) is 0 Å². The van der Waals surface area contributed by atoms with Gasteiger partial charge in [-0.2, -0.15) is 0 Å². The largest absolute Gasteiger partial charge is 0.496 e. The van der Waals surface area contributed by atoms with E-state index in [4.69, 9.17) is 14.6 Å². The van der Waals surface area contributed by atoms with Crippen molar-refractivity contribution in [3.63, 3.8) is 0 Å². The van der Waals surface area contributed by atoms with Crippen LogP contribution in [0.4, 0.5) is 0 Å². The number of hydrogen-bond acceptors (Lipinski definition) is 4. The van der Waals surface area contributed by atoms with E-state index in [0.717, 1.165) is 50.4 Å². The van der Waals surface area contributed by atoms with Gasteiger partial charge >= 0.3 is 5.97 Å². The Bertz CT molecular complexity index is 471.